The fourth-order valence-electron chi connectivity index (χ4n) is 2.44. The van der Waals surface area contributed by atoms with Crippen LogP contribution in [0.4, 0.5) is 23.1 Å². The van der Waals surface area contributed by atoms with E-state index in [9.17, 15) is 5.11 Å². The Hall–Kier alpha value is -2.82. The average Bonchev–Trinajstić information content (AvgIpc) is 2.70. The Morgan fingerprint density at radius 3 is 2.52 bits per heavy atom. The lowest BCUT2D eigenvalue weighted by molar-refractivity contribution is 0.105. The average molecular weight is 423 g/mol. The zero-order valence-electron chi connectivity index (χ0n) is 16.0. The number of anilines is 4. The maximum absolute atomic E-state index is 9.34. The number of nitrogens with zero attached hydrogens (tertiary/aromatic N) is 2. The van der Waals surface area contributed by atoms with Gasteiger partial charge in [-0.3, -0.25) is 5.41 Å². The first-order valence-electron chi connectivity index (χ1n) is 9.18. The molecule has 0 aliphatic carbocycles. The number of unbranched alkanes of at least 4 members (excludes halogenated alkanes) is 1. The van der Waals surface area contributed by atoms with Crippen LogP contribution in [-0.4, -0.2) is 51.9 Å². The van der Waals surface area contributed by atoms with Gasteiger partial charge in [-0.05, 0) is 37.0 Å². The van der Waals surface area contributed by atoms with Crippen LogP contribution in [0.25, 0.3) is 0 Å². The molecule has 1 aromatic carbocycles. The number of aliphatic hydroxyl groups excluding tert-OH is 2. The molecule has 1 heterocycles. The Balaban J connectivity index is 1.65. The van der Waals surface area contributed by atoms with E-state index in [4.69, 9.17) is 33.6 Å². The van der Waals surface area contributed by atoms with Gasteiger partial charge in [-0.2, -0.15) is 0 Å². The molecule has 0 fully saturated rings. The highest BCUT2D eigenvalue weighted by atomic mass is 35.5. The molecule has 0 saturated carbocycles. The second-order valence-corrected chi connectivity index (χ2v) is 6.79. The molecule has 0 aliphatic rings. The highest BCUT2D eigenvalue weighted by Crippen LogP contribution is 2.21. The van der Waals surface area contributed by atoms with Crippen LogP contribution in [0.2, 0.25) is 5.15 Å². The van der Waals surface area contributed by atoms with Gasteiger partial charge >= 0.3 is 0 Å². The number of aromatic nitrogens is 2. The molecule has 1 atom stereocenters. The monoisotopic (exact) mass is 422 g/mol. The molecule has 1 aromatic heterocycles. The predicted molar refractivity (Wildman–Crippen MR) is 116 cm³/mol. The molecule has 10 N–H and O–H groups in total. The smallest absolute Gasteiger partial charge is 0.194 e. The number of guanidine groups is 1. The van der Waals surface area contributed by atoms with Crippen LogP contribution in [-0.2, 0) is 6.42 Å². The Bertz CT molecular complexity index is 803. The van der Waals surface area contributed by atoms with E-state index in [1.807, 2.05) is 24.3 Å². The van der Waals surface area contributed by atoms with Crippen LogP contribution in [0.15, 0.2) is 24.3 Å². The van der Waals surface area contributed by atoms with Gasteiger partial charge < -0.3 is 37.6 Å². The largest absolute Gasteiger partial charge is 0.394 e. The van der Waals surface area contributed by atoms with Crippen molar-refractivity contribution in [2.24, 2.45) is 0 Å². The maximum atomic E-state index is 9.34. The molecule has 0 saturated heterocycles. The molecular weight excluding hydrogens is 396 g/mol. The predicted octanol–water partition coefficient (Wildman–Crippen LogP) is 1.02. The zero-order chi connectivity index (χ0) is 21.2. The molecule has 2 rings (SSSR count). The van der Waals surface area contributed by atoms with Gasteiger partial charge in [0.15, 0.2) is 28.6 Å². The minimum Gasteiger partial charge on any atom is -0.394 e. The van der Waals surface area contributed by atoms with Crippen molar-refractivity contribution in [1.29, 1.82) is 5.41 Å². The van der Waals surface area contributed by atoms with E-state index in [2.05, 4.69) is 25.9 Å². The molecule has 29 heavy (non-hydrogen) atoms. The third-order valence-electron chi connectivity index (χ3n) is 4.05. The second-order valence-electron chi connectivity index (χ2n) is 6.43. The highest BCUT2D eigenvalue weighted by molar-refractivity contribution is 6.32. The lowest BCUT2D eigenvalue weighted by Gasteiger charge is -2.12. The van der Waals surface area contributed by atoms with E-state index in [0.717, 1.165) is 24.9 Å². The number of hydrogen-bond donors (Lipinski definition) is 8. The number of nitrogens with one attached hydrogen (secondary N) is 4. The van der Waals surface area contributed by atoms with Gasteiger partial charge in [-0.15, -0.1) is 0 Å². The summed E-state index contributed by atoms with van der Waals surface area (Å²) < 4.78 is 0. The first-order valence-corrected chi connectivity index (χ1v) is 9.56. The van der Waals surface area contributed by atoms with Crippen LogP contribution >= 0.6 is 11.6 Å². The first-order chi connectivity index (χ1) is 13.9. The summed E-state index contributed by atoms with van der Waals surface area (Å²) >= 11 is 5.93. The number of halogens is 1. The SMILES string of the molecule is N=C(NCCCCc1ccc(NC[C@@H](O)CO)cc1)Nc1nc(N)c(N)nc1Cl. The number of nitrogens with two attached hydrogens (primary N) is 2. The number of aryl methyl sites for hydroxylation is 1. The van der Waals surface area contributed by atoms with E-state index < -0.39 is 6.10 Å². The Kier molecular flexibility index (Phi) is 8.71. The van der Waals surface area contributed by atoms with E-state index in [0.29, 0.717) is 13.1 Å². The van der Waals surface area contributed by atoms with Gasteiger partial charge in [0.2, 0.25) is 0 Å². The molecule has 2 aromatic rings. The minimum absolute atomic E-state index is 0.0471. The summed E-state index contributed by atoms with van der Waals surface area (Å²) in [5, 5.41) is 34.8. The Morgan fingerprint density at radius 2 is 1.83 bits per heavy atom. The molecule has 0 aliphatic heterocycles. The quantitative estimate of drug-likeness (QED) is 0.157. The van der Waals surface area contributed by atoms with Crippen LogP contribution < -0.4 is 27.4 Å². The third kappa shape index (κ3) is 7.60. The van der Waals surface area contributed by atoms with Gasteiger partial charge in [-0.1, -0.05) is 23.7 Å². The molecule has 0 amide bonds. The van der Waals surface area contributed by atoms with Gasteiger partial charge in [0.05, 0.1) is 12.7 Å². The van der Waals surface area contributed by atoms with Gasteiger partial charge in [0.25, 0.3) is 0 Å². The van der Waals surface area contributed by atoms with Crippen LogP contribution in [0.3, 0.4) is 0 Å². The van der Waals surface area contributed by atoms with Crippen LogP contribution in [0.1, 0.15) is 18.4 Å². The molecule has 158 valence electrons. The Labute approximate surface area is 174 Å². The third-order valence-corrected chi connectivity index (χ3v) is 4.32. The maximum Gasteiger partial charge on any atom is 0.194 e. The first kappa shape index (κ1) is 22.5. The van der Waals surface area contributed by atoms with Crippen molar-refractivity contribution in [2.45, 2.75) is 25.4 Å². The zero-order valence-corrected chi connectivity index (χ0v) is 16.7. The Morgan fingerprint density at radius 1 is 1.14 bits per heavy atom. The lowest BCUT2D eigenvalue weighted by Crippen LogP contribution is -2.31. The molecule has 0 unspecified atom stereocenters. The minimum atomic E-state index is -0.768. The molecule has 0 radical (unpaired) electrons. The highest BCUT2D eigenvalue weighted by Gasteiger charge is 2.09. The van der Waals surface area contributed by atoms with Gasteiger partial charge in [0.1, 0.15) is 0 Å². The summed E-state index contributed by atoms with van der Waals surface area (Å²) in [6.45, 7) is 0.655. The van der Waals surface area contributed by atoms with Crippen molar-refractivity contribution in [2.75, 3.05) is 41.8 Å². The number of hydrogen-bond acceptors (Lipinski definition) is 8. The summed E-state index contributed by atoms with van der Waals surface area (Å²) in [6.07, 6.45) is 1.96. The second kappa shape index (κ2) is 11.2. The van der Waals surface area contributed by atoms with E-state index in [-0.39, 0.29) is 35.2 Å². The standard InChI is InChI=1S/C18H27ClN8O2/c19-14-17(26-16(21)15(20)25-14)27-18(22)23-8-2-1-3-11-4-6-12(7-5-11)24-9-13(29)10-28/h4-7,13,24,28-29H,1-3,8-10H2,(H2,20,25)(H5,21,22,23,26,27)/t13-/m1/s1. The summed E-state index contributed by atoms with van der Waals surface area (Å²) in [5.74, 6) is 0.323. The molecule has 0 bridgehead atoms. The summed E-state index contributed by atoms with van der Waals surface area (Å²) in [5.41, 5.74) is 13.2. The van der Waals surface area contributed by atoms with E-state index in [1.54, 1.807) is 0 Å². The molecule has 11 heteroatoms. The fourth-order valence-corrected chi connectivity index (χ4v) is 2.62. The molecule has 10 nitrogen and oxygen atoms in total. The van der Waals surface area contributed by atoms with E-state index >= 15 is 0 Å². The topological polar surface area (TPSA) is 178 Å². The van der Waals surface area contributed by atoms with Crippen molar-refractivity contribution in [3.63, 3.8) is 0 Å². The normalized spacial score (nSPS) is 11.7. The van der Waals surface area contributed by atoms with Crippen molar-refractivity contribution >= 4 is 40.7 Å². The number of rotatable bonds is 10. The van der Waals surface area contributed by atoms with Crippen molar-refractivity contribution in [3.05, 3.63) is 35.0 Å². The van der Waals surface area contributed by atoms with Crippen molar-refractivity contribution in [3.8, 4) is 0 Å². The van der Waals surface area contributed by atoms with Crippen LogP contribution in [0.5, 0.6) is 0 Å². The van der Waals surface area contributed by atoms with E-state index in [1.165, 1.54) is 5.56 Å². The molecule has 0 spiro atoms. The van der Waals surface area contributed by atoms with Crippen molar-refractivity contribution < 1.29 is 10.2 Å². The van der Waals surface area contributed by atoms with Crippen molar-refractivity contribution in [1.82, 2.24) is 15.3 Å². The van der Waals surface area contributed by atoms with Gasteiger partial charge in [-0.25, -0.2) is 9.97 Å². The van der Waals surface area contributed by atoms with Gasteiger partial charge in [0, 0.05) is 18.8 Å². The summed E-state index contributed by atoms with van der Waals surface area (Å²) in [6, 6.07) is 7.94. The number of nitrogen functional groups attached to an aromatic ring is 2. The summed E-state index contributed by atoms with van der Waals surface area (Å²) in [4.78, 5) is 7.81. The lowest BCUT2D eigenvalue weighted by atomic mass is 10.1. The fraction of sp³-hybridized carbons (Fsp3) is 0.389. The molecular formula is C18H27ClN8O2. The number of aliphatic hydroxyl groups is 2. The number of benzene rings is 1. The summed E-state index contributed by atoms with van der Waals surface area (Å²) in [7, 11) is 0. The van der Waals surface area contributed by atoms with Crippen LogP contribution in [0, 0.1) is 5.41 Å².